The molecule has 0 saturated carbocycles. The molecule has 0 aliphatic carbocycles. The van der Waals surface area contributed by atoms with Crippen molar-refractivity contribution in [2.75, 3.05) is 26.2 Å². The van der Waals surface area contributed by atoms with Gasteiger partial charge in [0.2, 0.25) is 0 Å². The molecule has 1 aliphatic heterocycles. The van der Waals surface area contributed by atoms with Crippen molar-refractivity contribution >= 4 is 28.1 Å². The van der Waals surface area contributed by atoms with E-state index in [-0.39, 0.29) is 11.9 Å². The predicted molar refractivity (Wildman–Crippen MR) is 77.1 cm³/mol. The van der Waals surface area contributed by atoms with Crippen LogP contribution in [0.4, 0.5) is 0 Å². The fourth-order valence-corrected chi connectivity index (χ4v) is 2.46. The average molecular weight is 325 g/mol. The van der Waals surface area contributed by atoms with Crippen LogP contribution in [-0.4, -0.2) is 54.2 Å². The number of piperazine rings is 1. The largest absolute Gasteiger partial charge is 0.336 e. The van der Waals surface area contributed by atoms with Gasteiger partial charge in [0, 0.05) is 36.2 Å². The first-order valence-corrected chi connectivity index (χ1v) is 7.15. The Labute approximate surface area is 121 Å². The van der Waals surface area contributed by atoms with Gasteiger partial charge >= 0.3 is 0 Å². The summed E-state index contributed by atoms with van der Waals surface area (Å²) in [5.74, 6) is 0.0610. The third-order valence-electron chi connectivity index (χ3n) is 3.47. The second kappa shape index (κ2) is 6.30. The number of nitrogens with zero attached hydrogens (tertiary/aromatic N) is 2. The fraction of sp³-hybridized carbons (Fsp3) is 0.429. The van der Waals surface area contributed by atoms with Crippen LogP contribution in [0, 0.1) is 0 Å². The van der Waals surface area contributed by atoms with Gasteiger partial charge < -0.3 is 9.69 Å². The van der Waals surface area contributed by atoms with Crippen LogP contribution in [0.5, 0.6) is 0 Å². The van der Waals surface area contributed by atoms with Crippen LogP contribution in [-0.2, 0) is 4.79 Å². The van der Waals surface area contributed by atoms with E-state index in [0.29, 0.717) is 18.7 Å². The molecule has 0 radical (unpaired) electrons. The third kappa shape index (κ3) is 3.42. The summed E-state index contributed by atoms with van der Waals surface area (Å²) in [6.45, 7) is 4.74. The van der Waals surface area contributed by atoms with Crippen LogP contribution in [0.15, 0.2) is 28.7 Å². The molecule has 1 amide bonds. The first-order chi connectivity index (χ1) is 9.11. The van der Waals surface area contributed by atoms with Crippen molar-refractivity contribution in [1.82, 2.24) is 9.80 Å². The van der Waals surface area contributed by atoms with Crippen molar-refractivity contribution in [3.63, 3.8) is 0 Å². The molecule has 0 bridgehead atoms. The maximum Gasteiger partial charge on any atom is 0.253 e. The zero-order valence-electron chi connectivity index (χ0n) is 10.9. The molecule has 4 nitrogen and oxygen atoms in total. The van der Waals surface area contributed by atoms with Gasteiger partial charge in [0.1, 0.15) is 6.29 Å². The van der Waals surface area contributed by atoms with Gasteiger partial charge in [0.05, 0.1) is 6.04 Å². The number of amides is 1. The predicted octanol–water partition coefficient (Wildman–Crippen LogP) is 1.79. The number of aldehydes is 1. The minimum Gasteiger partial charge on any atom is -0.336 e. The van der Waals surface area contributed by atoms with Crippen LogP contribution in [0.25, 0.3) is 0 Å². The second-order valence-electron chi connectivity index (χ2n) is 4.71. The monoisotopic (exact) mass is 324 g/mol. The highest BCUT2D eigenvalue weighted by Gasteiger charge is 2.24. The Morgan fingerprint density at radius 2 is 1.79 bits per heavy atom. The standard InChI is InChI=1S/C14H17BrN2O2/c1-11(10-18)16-6-8-17(9-7-16)14(19)12-2-4-13(15)5-3-12/h2-5,10-11H,6-9H2,1H3. The molecule has 1 aliphatic rings. The molecule has 1 atom stereocenters. The van der Waals surface area contributed by atoms with Crippen LogP contribution >= 0.6 is 15.9 Å². The first kappa shape index (κ1) is 14.2. The number of carbonyl (C=O) groups is 2. The summed E-state index contributed by atoms with van der Waals surface area (Å²) in [5.41, 5.74) is 0.708. The van der Waals surface area contributed by atoms with Gasteiger partial charge in [-0.1, -0.05) is 15.9 Å². The zero-order chi connectivity index (χ0) is 13.8. The molecule has 1 aromatic rings. The number of hydrogen-bond acceptors (Lipinski definition) is 3. The van der Waals surface area contributed by atoms with Gasteiger partial charge in [-0.05, 0) is 31.2 Å². The minimum absolute atomic E-state index is 0.0610. The smallest absolute Gasteiger partial charge is 0.253 e. The molecule has 1 heterocycles. The Morgan fingerprint density at radius 1 is 1.21 bits per heavy atom. The number of carbonyl (C=O) groups excluding carboxylic acids is 2. The van der Waals surface area contributed by atoms with Crippen molar-refractivity contribution in [3.05, 3.63) is 34.3 Å². The summed E-state index contributed by atoms with van der Waals surface area (Å²) in [6.07, 6.45) is 0.951. The topological polar surface area (TPSA) is 40.6 Å². The highest BCUT2D eigenvalue weighted by atomic mass is 79.9. The Bertz CT molecular complexity index is 453. The maximum atomic E-state index is 12.3. The van der Waals surface area contributed by atoms with Gasteiger partial charge in [0.25, 0.3) is 5.91 Å². The van der Waals surface area contributed by atoms with Crippen molar-refractivity contribution in [2.24, 2.45) is 0 Å². The van der Waals surface area contributed by atoms with Gasteiger partial charge in [-0.15, -0.1) is 0 Å². The van der Waals surface area contributed by atoms with E-state index in [1.807, 2.05) is 36.1 Å². The average Bonchev–Trinajstić information content (AvgIpc) is 2.46. The Balaban J connectivity index is 1.96. The molecule has 2 rings (SSSR count). The van der Waals surface area contributed by atoms with Gasteiger partial charge in [-0.2, -0.15) is 0 Å². The van der Waals surface area contributed by atoms with E-state index >= 15 is 0 Å². The highest BCUT2D eigenvalue weighted by molar-refractivity contribution is 9.10. The molecule has 1 fully saturated rings. The molecule has 0 aromatic heterocycles. The van der Waals surface area contributed by atoms with E-state index in [2.05, 4.69) is 20.8 Å². The molecular weight excluding hydrogens is 308 g/mol. The number of benzene rings is 1. The first-order valence-electron chi connectivity index (χ1n) is 6.36. The summed E-state index contributed by atoms with van der Waals surface area (Å²) in [5, 5.41) is 0. The Morgan fingerprint density at radius 3 is 2.32 bits per heavy atom. The van der Waals surface area contributed by atoms with Gasteiger partial charge in [-0.25, -0.2) is 0 Å². The Hall–Kier alpha value is -1.20. The van der Waals surface area contributed by atoms with Gasteiger partial charge in [-0.3, -0.25) is 9.69 Å². The second-order valence-corrected chi connectivity index (χ2v) is 5.63. The lowest BCUT2D eigenvalue weighted by molar-refractivity contribution is -0.112. The molecule has 0 N–H and O–H groups in total. The summed E-state index contributed by atoms with van der Waals surface area (Å²) >= 11 is 3.36. The fourth-order valence-electron chi connectivity index (χ4n) is 2.19. The minimum atomic E-state index is -0.0649. The molecule has 1 unspecified atom stereocenters. The van der Waals surface area contributed by atoms with Crippen molar-refractivity contribution in [2.45, 2.75) is 13.0 Å². The van der Waals surface area contributed by atoms with Crippen LogP contribution in [0.3, 0.4) is 0 Å². The van der Waals surface area contributed by atoms with Crippen molar-refractivity contribution in [1.29, 1.82) is 0 Å². The third-order valence-corrected chi connectivity index (χ3v) is 3.99. The quantitative estimate of drug-likeness (QED) is 0.796. The summed E-state index contributed by atoms with van der Waals surface area (Å²) < 4.78 is 0.966. The molecule has 0 spiro atoms. The van der Waals surface area contributed by atoms with Gasteiger partial charge in [0.15, 0.2) is 0 Å². The SMILES string of the molecule is CC(C=O)N1CCN(C(=O)c2ccc(Br)cc2)CC1. The zero-order valence-corrected chi connectivity index (χ0v) is 12.5. The van der Waals surface area contributed by atoms with Crippen LogP contribution < -0.4 is 0 Å². The van der Waals surface area contributed by atoms with Crippen molar-refractivity contribution in [3.8, 4) is 0 Å². The van der Waals surface area contributed by atoms with E-state index in [4.69, 9.17) is 0 Å². The lowest BCUT2D eigenvalue weighted by Crippen LogP contribution is -2.51. The van der Waals surface area contributed by atoms with Crippen molar-refractivity contribution < 1.29 is 9.59 Å². The maximum absolute atomic E-state index is 12.3. The van der Waals surface area contributed by atoms with Crippen LogP contribution in [0.1, 0.15) is 17.3 Å². The Kier molecular flexibility index (Phi) is 4.71. The molecule has 102 valence electrons. The van der Waals surface area contributed by atoms with E-state index in [1.54, 1.807) is 0 Å². The van der Waals surface area contributed by atoms with E-state index in [0.717, 1.165) is 23.8 Å². The number of halogens is 1. The normalized spacial score (nSPS) is 18.1. The van der Waals surface area contributed by atoms with E-state index in [1.165, 1.54) is 0 Å². The summed E-state index contributed by atoms with van der Waals surface area (Å²) in [7, 11) is 0. The molecule has 19 heavy (non-hydrogen) atoms. The van der Waals surface area contributed by atoms with E-state index < -0.39 is 0 Å². The molecule has 1 aromatic carbocycles. The highest BCUT2D eigenvalue weighted by Crippen LogP contribution is 2.14. The summed E-state index contributed by atoms with van der Waals surface area (Å²) in [6, 6.07) is 7.33. The lowest BCUT2D eigenvalue weighted by atomic mass is 10.1. The lowest BCUT2D eigenvalue weighted by Gasteiger charge is -2.36. The molecule has 1 saturated heterocycles. The molecular formula is C14H17BrN2O2. The summed E-state index contributed by atoms with van der Waals surface area (Å²) in [4.78, 5) is 27.0. The number of rotatable bonds is 3. The number of hydrogen-bond donors (Lipinski definition) is 0. The van der Waals surface area contributed by atoms with E-state index in [9.17, 15) is 9.59 Å². The van der Waals surface area contributed by atoms with Crippen LogP contribution in [0.2, 0.25) is 0 Å². The molecule has 5 heteroatoms.